The van der Waals surface area contributed by atoms with E-state index in [0.29, 0.717) is 0 Å². The van der Waals surface area contributed by atoms with E-state index < -0.39 is 0 Å². The van der Waals surface area contributed by atoms with Crippen LogP contribution in [0, 0.1) is 0 Å². The van der Waals surface area contributed by atoms with E-state index in [4.69, 9.17) is 11.6 Å². The summed E-state index contributed by atoms with van der Waals surface area (Å²) >= 11 is 9.76. The Morgan fingerprint density at radius 1 is 1.21 bits per heavy atom. The van der Waals surface area contributed by atoms with E-state index in [1.165, 1.54) is 4.90 Å². The third-order valence-electron chi connectivity index (χ3n) is 2.63. The van der Waals surface area contributed by atoms with Gasteiger partial charge in [-0.05, 0) is 31.2 Å². The first-order valence-electron chi connectivity index (χ1n) is 6.32. The van der Waals surface area contributed by atoms with Gasteiger partial charge in [0.1, 0.15) is 0 Å². The summed E-state index contributed by atoms with van der Waals surface area (Å²) in [5, 5.41) is 1.96. The predicted molar refractivity (Wildman–Crippen MR) is 85.4 cm³/mol. The molecule has 102 valence electrons. The molecule has 0 N–H and O–H groups in total. The van der Waals surface area contributed by atoms with Gasteiger partial charge in [-0.25, -0.2) is 4.98 Å². The number of imidazole rings is 1. The van der Waals surface area contributed by atoms with Gasteiger partial charge < -0.3 is 4.57 Å². The number of hydrogen-bond donors (Lipinski definition) is 0. The van der Waals surface area contributed by atoms with E-state index in [9.17, 15) is 0 Å². The van der Waals surface area contributed by atoms with Gasteiger partial charge in [0.15, 0.2) is 5.16 Å². The molecule has 0 aliphatic rings. The number of nitrogens with zero attached hydrogens (tertiary/aromatic N) is 2. The fourth-order valence-corrected chi connectivity index (χ4v) is 3.98. The first-order valence-corrected chi connectivity index (χ1v) is 8.67. The van der Waals surface area contributed by atoms with Crippen molar-refractivity contribution in [1.82, 2.24) is 9.55 Å². The molecule has 19 heavy (non-hydrogen) atoms. The molecule has 2 rings (SSSR count). The van der Waals surface area contributed by atoms with Crippen LogP contribution in [-0.2, 0) is 6.54 Å². The van der Waals surface area contributed by atoms with Crippen molar-refractivity contribution in [2.45, 2.75) is 29.9 Å². The molecule has 2 aromatic rings. The highest BCUT2D eigenvalue weighted by molar-refractivity contribution is 8.00. The van der Waals surface area contributed by atoms with Gasteiger partial charge in [-0.1, -0.05) is 35.5 Å². The fourth-order valence-electron chi connectivity index (χ4n) is 1.64. The zero-order valence-corrected chi connectivity index (χ0v) is 13.3. The Kier molecular flexibility index (Phi) is 6.14. The maximum Gasteiger partial charge on any atom is 0.167 e. The second-order valence-electron chi connectivity index (χ2n) is 3.98. The van der Waals surface area contributed by atoms with Crippen molar-refractivity contribution in [3.8, 4) is 0 Å². The lowest BCUT2D eigenvalue weighted by molar-refractivity contribution is 0.681. The van der Waals surface area contributed by atoms with Crippen molar-refractivity contribution in [2.24, 2.45) is 0 Å². The third-order valence-corrected chi connectivity index (χ3v) is 5.32. The lowest BCUT2D eigenvalue weighted by Gasteiger charge is -2.05. The van der Waals surface area contributed by atoms with Gasteiger partial charge in [0.25, 0.3) is 0 Å². The van der Waals surface area contributed by atoms with Gasteiger partial charge in [-0.15, -0.1) is 11.8 Å². The van der Waals surface area contributed by atoms with E-state index in [1.54, 1.807) is 0 Å². The molecule has 0 fully saturated rings. The summed E-state index contributed by atoms with van der Waals surface area (Å²) in [5.74, 6) is 2.18. The highest BCUT2D eigenvalue weighted by Crippen LogP contribution is 2.27. The molecule has 0 radical (unpaired) electrons. The predicted octanol–water partition coefficient (Wildman–Crippen LogP) is 4.83. The molecular weight excluding hydrogens is 296 g/mol. The molecule has 0 spiro atoms. The maximum atomic E-state index is 6.12. The molecule has 1 aromatic carbocycles. The molecule has 2 nitrogen and oxygen atoms in total. The SMILES string of the molecule is CCn1ccnc1SCCCSc1ccccc1Cl. The Labute approximate surface area is 128 Å². The standard InChI is InChI=1S/C14H17ClN2S2/c1-2-17-9-8-16-14(17)19-11-5-10-18-13-7-4-3-6-12(13)15/h3-4,6-9H,2,5,10-11H2,1H3. The lowest BCUT2D eigenvalue weighted by Crippen LogP contribution is -1.95. The van der Waals surface area contributed by atoms with E-state index in [0.717, 1.165) is 34.7 Å². The van der Waals surface area contributed by atoms with Gasteiger partial charge in [-0.2, -0.15) is 0 Å². The number of aryl methyl sites for hydroxylation is 1. The fraction of sp³-hybridized carbons (Fsp3) is 0.357. The summed E-state index contributed by atoms with van der Waals surface area (Å²) in [5.41, 5.74) is 0. The molecule has 0 saturated heterocycles. The minimum Gasteiger partial charge on any atom is -0.326 e. The number of aromatic nitrogens is 2. The quantitative estimate of drug-likeness (QED) is 0.538. The van der Waals surface area contributed by atoms with Crippen LogP contribution >= 0.6 is 35.1 Å². The molecule has 5 heteroatoms. The van der Waals surface area contributed by atoms with Crippen molar-refractivity contribution in [1.29, 1.82) is 0 Å². The van der Waals surface area contributed by atoms with Crippen LogP contribution in [-0.4, -0.2) is 21.1 Å². The van der Waals surface area contributed by atoms with E-state index >= 15 is 0 Å². The van der Waals surface area contributed by atoms with E-state index in [-0.39, 0.29) is 0 Å². The van der Waals surface area contributed by atoms with Crippen LogP contribution in [0.15, 0.2) is 46.7 Å². The molecule has 1 aromatic heterocycles. The van der Waals surface area contributed by atoms with Crippen molar-refractivity contribution in [3.63, 3.8) is 0 Å². The van der Waals surface area contributed by atoms with Gasteiger partial charge in [0, 0.05) is 29.6 Å². The maximum absolute atomic E-state index is 6.12. The van der Waals surface area contributed by atoms with E-state index in [1.807, 2.05) is 54.1 Å². The number of thioether (sulfide) groups is 2. The average Bonchev–Trinajstić information content (AvgIpc) is 2.88. The Bertz CT molecular complexity index is 514. The highest BCUT2D eigenvalue weighted by atomic mass is 35.5. The number of rotatable bonds is 7. The Hall–Kier alpha value is -0.580. The average molecular weight is 313 g/mol. The Morgan fingerprint density at radius 2 is 2.00 bits per heavy atom. The summed E-state index contributed by atoms with van der Waals surface area (Å²) in [6, 6.07) is 8.01. The van der Waals surface area contributed by atoms with Gasteiger partial charge in [0.05, 0.1) is 5.02 Å². The van der Waals surface area contributed by atoms with Gasteiger partial charge in [-0.3, -0.25) is 0 Å². The second kappa shape index (κ2) is 7.88. The summed E-state index contributed by atoms with van der Waals surface area (Å²) in [7, 11) is 0. The normalized spacial score (nSPS) is 10.8. The number of hydrogen-bond acceptors (Lipinski definition) is 3. The number of halogens is 1. The number of benzene rings is 1. The lowest BCUT2D eigenvalue weighted by atomic mass is 10.4. The minimum atomic E-state index is 0.849. The highest BCUT2D eigenvalue weighted by Gasteiger charge is 2.02. The zero-order valence-electron chi connectivity index (χ0n) is 10.9. The van der Waals surface area contributed by atoms with Crippen LogP contribution in [0.1, 0.15) is 13.3 Å². The van der Waals surface area contributed by atoms with Gasteiger partial charge in [0.2, 0.25) is 0 Å². The van der Waals surface area contributed by atoms with Gasteiger partial charge >= 0.3 is 0 Å². The monoisotopic (exact) mass is 312 g/mol. The molecule has 0 aliphatic carbocycles. The van der Waals surface area contributed by atoms with Crippen molar-refractivity contribution in [3.05, 3.63) is 41.7 Å². The molecule has 0 amide bonds. The van der Waals surface area contributed by atoms with Crippen molar-refractivity contribution in [2.75, 3.05) is 11.5 Å². The summed E-state index contributed by atoms with van der Waals surface area (Å²) in [6.45, 7) is 3.12. The molecule has 0 atom stereocenters. The molecule has 0 unspecified atom stereocenters. The Morgan fingerprint density at radius 3 is 2.79 bits per heavy atom. The molecule has 1 heterocycles. The van der Waals surface area contributed by atoms with Crippen LogP contribution in [0.5, 0.6) is 0 Å². The van der Waals surface area contributed by atoms with Crippen molar-refractivity contribution < 1.29 is 0 Å². The topological polar surface area (TPSA) is 17.8 Å². The van der Waals surface area contributed by atoms with E-state index in [2.05, 4.69) is 22.5 Å². The van der Waals surface area contributed by atoms with Crippen LogP contribution in [0.4, 0.5) is 0 Å². The molecule has 0 aliphatic heterocycles. The summed E-state index contributed by atoms with van der Waals surface area (Å²) in [4.78, 5) is 5.53. The minimum absolute atomic E-state index is 0.849. The summed E-state index contributed by atoms with van der Waals surface area (Å²) in [6.07, 6.45) is 5.04. The zero-order chi connectivity index (χ0) is 13.5. The van der Waals surface area contributed by atoms with Crippen LogP contribution < -0.4 is 0 Å². The first kappa shape index (κ1) is 14.8. The largest absolute Gasteiger partial charge is 0.326 e. The van der Waals surface area contributed by atoms with Crippen LogP contribution in [0.2, 0.25) is 5.02 Å². The molecular formula is C14H17ClN2S2. The molecule has 0 bridgehead atoms. The smallest absolute Gasteiger partial charge is 0.167 e. The van der Waals surface area contributed by atoms with Crippen LogP contribution in [0.25, 0.3) is 0 Å². The second-order valence-corrected chi connectivity index (χ2v) is 6.58. The summed E-state index contributed by atoms with van der Waals surface area (Å²) < 4.78 is 2.17. The van der Waals surface area contributed by atoms with Crippen molar-refractivity contribution >= 4 is 35.1 Å². The third kappa shape index (κ3) is 4.48. The first-order chi connectivity index (χ1) is 9.31. The Balaban J connectivity index is 1.69. The van der Waals surface area contributed by atoms with Crippen LogP contribution in [0.3, 0.4) is 0 Å². The molecule has 0 saturated carbocycles.